The second-order valence-corrected chi connectivity index (χ2v) is 5.10. The largest absolute Gasteiger partial charge is 0.398 e. The smallest absolute Gasteiger partial charge is 0.256 e. The van der Waals surface area contributed by atoms with Gasteiger partial charge in [0, 0.05) is 23.8 Å². The van der Waals surface area contributed by atoms with Crippen molar-refractivity contribution in [1.82, 2.24) is 4.90 Å². The molecule has 0 bridgehead atoms. The summed E-state index contributed by atoms with van der Waals surface area (Å²) in [5, 5.41) is 9.66. The Bertz CT molecular complexity index is 617. The van der Waals surface area contributed by atoms with Gasteiger partial charge < -0.3 is 15.7 Å². The topological polar surface area (TPSA) is 66.6 Å². The van der Waals surface area contributed by atoms with Gasteiger partial charge in [0.15, 0.2) is 0 Å². The van der Waals surface area contributed by atoms with Crippen molar-refractivity contribution in [3.63, 3.8) is 0 Å². The zero-order chi connectivity index (χ0) is 15.2. The molecule has 0 saturated heterocycles. The molecular formula is C16H17ClN2O2. The zero-order valence-corrected chi connectivity index (χ0v) is 12.3. The highest BCUT2D eigenvalue weighted by Crippen LogP contribution is 2.20. The fourth-order valence-electron chi connectivity index (χ4n) is 2.08. The SMILES string of the molecule is Nc1cc(Cl)ccc1C(=O)N(CCO)Cc1ccccc1. The minimum Gasteiger partial charge on any atom is -0.398 e. The molecule has 0 fully saturated rings. The first-order chi connectivity index (χ1) is 10.1. The van der Waals surface area contributed by atoms with Crippen LogP contribution in [-0.2, 0) is 6.54 Å². The summed E-state index contributed by atoms with van der Waals surface area (Å²) in [6, 6.07) is 14.4. The first-order valence-corrected chi connectivity index (χ1v) is 6.98. The molecule has 0 radical (unpaired) electrons. The van der Waals surface area contributed by atoms with Gasteiger partial charge in [0.1, 0.15) is 0 Å². The summed E-state index contributed by atoms with van der Waals surface area (Å²) in [6.45, 7) is 0.560. The minimum atomic E-state index is -0.220. The molecule has 0 saturated carbocycles. The molecule has 21 heavy (non-hydrogen) atoms. The highest BCUT2D eigenvalue weighted by Gasteiger charge is 2.18. The van der Waals surface area contributed by atoms with E-state index in [1.54, 1.807) is 23.1 Å². The maximum atomic E-state index is 12.6. The second-order valence-electron chi connectivity index (χ2n) is 4.67. The Morgan fingerprint density at radius 3 is 2.52 bits per heavy atom. The van der Waals surface area contributed by atoms with Crippen molar-refractivity contribution < 1.29 is 9.90 Å². The first-order valence-electron chi connectivity index (χ1n) is 6.61. The maximum Gasteiger partial charge on any atom is 0.256 e. The number of hydrogen-bond acceptors (Lipinski definition) is 3. The maximum absolute atomic E-state index is 12.6. The minimum absolute atomic E-state index is 0.105. The molecule has 2 aromatic rings. The molecule has 0 aliphatic carbocycles. The molecule has 2 aromatic carbocycles. The highest BCUT2D eigenvalue weighted by atomic mass is 35.5. The number of hydrogen-bond donors (Lipinski definition) is 2. The van der Waals surface area contributed by atoms with Crippen LogP contribution in [0.15, 0.2) is 48.5 Å². The van der Waals surface area contributed by atoms with E-state index >= 15 is 0 Å². The lowest BCUT2D eigenvalue weighted by Crippen LogP contribution is -2.33. The van der Waals surface area contributed by atoms with Gasteiger partial charge in [-0.15, -0.1) is 0 Å². The van der Waals surface area contributed by atoms with Gasteiger partial charge in [-0.25, -0.2) is 0 Å². The van der Waals surface area contributed by atoms with Gasteiger partial charge in [0.05, 0.1) is 12.2 Å². The molecule has 110 valence electrons. The van der Waals surface area contributed by atoms with Crippen LogP contribution in [0, 0.1) is 0 Å². The average molecular weight is 305 g/mol. The highest BCUT2D eigenvalue weighted by molar-refractivity contribution is 6.31. The molecular weight excluding hydrogens is 288 g/mol. The number of benzene rings is 2. The second kappa shape index (κ2) is 7.11. The van der Waals surface area contributed by atoms with E-state index in [0.29, 0.717) is 22.8 Å². The van der Waals surface area contributed by atoms with Crippen molar-refractivity contribution in [3.8, 4) is 0 Å². The van der Waals surface area contributed by atoms with Crippen molar-refractivity contribution in [1.29, 1.82) is 0 Å². The molecule has 0 heterocycles. The Labute approximate surface area is 128 Å². The molecule has 2 rings (SSSR count). The summed E-state index contributed by atoms with van der Waals surface area (Å²) in [5.41, 5.74) is 7.58. The van der Waals surface area contributed by atoms with Crippen LogP contribution in [0.25, 0.3) is 0 Å². The average Bonchev–Trinajstić information content (AvgIpc) is 2.47. The van der Waals surface area contributed by atoms with Crippen LogP contribution in [0.1, 0.15) is 15.9 Å². The van der Waals surface area contributed by atoms with Gasteiger partial charge in [0.2, 0.25) is 0 Å². The predicted octanol–water partition coefficient (Wildman–Crippen LogP) is 2.56. The van der Waals surface area contributed by atoms with Crippen molar-refractivity contribution in [2.75, 3.05) is 18.9 Å². The normalized spacial score (nSPS) is 10.4. The molecule has 0 aliphatic rings. The number of nitrogens with zero attached hydrogens (tertiary/aromatic N) is 1. The molecule has 0 atom stereocenters. The zero-order valence-electron chi connectivity index (χ0n) is 11.5. The van der Waals surface area contributed by atoms with Crippen molar-refractivity contribution in [2.45, 2.75) is 6.54 Å². The Morgan fingerprint density at radius 1 is 1.19 bits per heavy atom. The molecule has 0 unspecified atom stereocenters. The van der Waals surface area contributed by atoms with Crippen molar-refractivity contribution in [3.05, 3.63) is 64.7 Å². The van der Waals surface area contributed by atoms with Crippen LogP contribution >= 0.6 is 11.6 Å². The summed E-state index contributed by atoms with van der Waals surface area (Å²) in [6.07, 6.45) is 0. The molecule has 4 nitrogen and oxygen atoms in total. The number of nitrogen functional groups attached to an aromatic ring is 1. The Morgan fingerprint density at radius 2 is 1.90 bits per heavy atom. The van der Waals surface area contributed by atoms with Gasteiger partial charge >= 0.3 is 0 Å². The van der Waals surface area contributed by atoms with E-state index in [2.05, 4.69) is 0 Å². The number of anilines is 1. The van der Waals surface area contributed by atoms with Crippen LogP contribution in [0.3, 0.4) is 0 Å². The van der Waals surface area contributed by atoms with Crippen LogP contribution in [-0.4, -0.2) is 29.1 Å². The van der Waals surface area contributed by atoms with Crippen molar-refractivity contribution >= 4 is 23.2 Å². The standard InChI is InChI=1S/C16H17ClN2O2/c17-13-6-7-14(15(18)10-13)16(21)19(8-9-20)11-12-4-2-1-3-5-12/h1-7,10,20H,8-9,11,18H2. The third-order valence-electron chi connectivity index (χ3n) is 3.12. The summed E-state index contributed by atoms with van der Waals surface area (Å²) in [4.78, 5) is 14.1. The van der Waals surface area contributed by atoms with Gasteiger partial charge in [-0.05, 0) is 23.8 Å². The molecule has 0 spiro atoms. The van der Waals surface area contributed by atoms with E-state index in [-0.39, 0.29) is 19.1 Å². The number of rotatable bonds is 5. The van der Waals surface area contributed by atoms with Gasteiger partial charge in [-0.1, -0.05) is 41.9 Å². The van der Waals surface area contributed by atoms with E-state index in [4.69, 9.17) is 17.3 Å². The number of halogens is 1. The predicted molar refractivity (Wildman–Crippen MR) is 84.1 cm³/mol. The van der Waals surface area contributed by atoms with E-state index in [1.807, 2.05) is 30.3 Å². The molecule has 3 N–H and O–H groups in total. The molecule has 0 aliphatic heterocycles. The number of aliphatic hydroxyl groups excluding tert-OH is 1. The van der Waals surface area contributed by atoms with E-state index in [1.165, 1.54) is 0 Å². The van der Waals surface area contributed by atoms with E-state index in [0.717, 1.165) is 5.56 Å². The number of aliphatic hydroxyl groups is 1. The lowest BCUT2D eigenvalue weighted by molar-refractivity contribution is 0.0709. The van der Waals surface area contributed by atoms with Gasteiger partial charge in [-0.2, -0.15) is 0 Å². The van der Waals surface area contributed by atoms with Crippen LogP contribution < -0.4 is 5.73 Å². The lowest BCUT2D eigenvalue weighted by atomic mass is 10.1. The molecule has 1 amide bonds. The summed E-state index contributed by atoms with van der Waals surface area (Å²) < 4.78 is 0. The number of carbonyl (C=O) groups is 1. The lowest BCUT2D eigenvalue weighted by Gasteiger charge is -2.22. The summed E-state index contributed by atoms with van der Waals surface area (Å²) in [7, 11) is 0. The van der Waals surface area contributed by atoms with Crippen LogP contribution in [0.2, 0.25) is 5.02 Å². The van der Waals surface area contributed by atoms with Crippen LogP contribution in [0.5, 0.6) is 0 Å². The number of amides is 1. The molecule has 5 heteroatoms. The Balaban J connectivity index is 2.23. The summed E-state index contributed by atoms with van der Waals surface area (Å²) in [5.74, 6) is -0.220. The van der Waals surface area contributed by atoms with E-state index in [9.17, 15) is 9.90 Å². The number of carbonyl (C=O) groups excluding carboxylic acids is 1. The first kappa shape index (κ1) is 15.4. The Kier molecular flexibility index (Phi) is 5.20. The van der Waals surface area contributed by atoms with Gasteiger partial charge in [0.25, 0.3) is 5.91 Å². The number of nitrogens with two attached hydrogens (primary N) is 1. The fraction of sp³-hybridized carbons (Fsp3) is 0.188. The van der Waals surface area contributed by atoms with Crippen molar-refractivity contribution in [2.24, 2.45) is 0 Å². The van der Waals surface area contributed by atoms with E-state index < -0.39 is 0 Å². The third kappa shape index (κ3) is 3.97. The monoisotopic (exact) mass is 304 g/mol. The molecule has 0 aromatic heterocycles. The van der Waals surface area contributed by atoms with Gasteiger partial charge in [-0.3, -0.25) is 4.79 Å². The third-order valence-corrected chi connectivity index (χ3v) is 3.35. The summed E-state index contributed by atoms with van der Waals surface area (Å²) >= 11 is 5.85. The quantitative estimate of drug-likeness (QED) is 0.834. The Hall–Kier alpha value is -2.04. The fourth-order valence-corrected chi connectivity index (χ4v) is 2.26. The van der Waals surface area contributed by atoms with Crippen LogP contribution in [0.4, 0.5) is 5.69 Å².